The topological polar surface area (TPSA) is 24.1 Å². The fourth-order valence-corrected chi connectivity index (χ4v) is 4.45. The molecule has 0 aromatic heterocycles. The second kappa shape index (κ2) is 7.56. The Balaban J connectivity index is 1.84. The van der Waals surface area contributed by atoms with Crippen LogP contribution < -0.4 is 10.6 Å². The van der Waals surface area contributed by atoms with Crippen LogP contribution in [0.25, 0.3) is 6.08 Å². The Hall–Kier alpha value is -2.39. The highest BCUT2D eigenvalue weighted by Gasteiger charge is 2.37. The van der Waals surface area contributed by atoms with Gasteiger partial charge >= 0.3 is 0 Å². The van der Waals surface area contributed by atoms with Gasteiger partial charge in [0.2, 0.25) is 0 Å². The summed E-state index contributed by atoms with van der Waals surface area (Å²) in [4.78, 5) is 0. The van der Waals surface area contributed by atoms with Crippen molar-refractivity contribution in [1.82, 2.24) is 10.6 Å². The monoisotopic (exact) mass is 388 g/mol. The van der Waals surface area contributed by atoms with E-state index in [0.29, 0.717) is 11.0 Å². The van der Waals surface area contributed by atoms with Crippen molar-refractivity contribution in [2.75, 3.05) is 0 Å². The van der Waals surface area contributed by atoms with Crippen LogP contribution in [0.2, 0.25) is 0 Å². The maximum absolute atomic E-state index is 5.59. The van der Waals surface area contributed by atoms with E-state index >= 15 is 0 Å². The van der Waals surface area contributed by atoms with Crippen molar-refractivity contribution in [2.24, 2.45) is 11.3 Å². The molecule has 1 aliphatic carbocycles. The molecule has 0 amide bonds. The molecular weight excluding hydrogens is 360 g/mol. The molecule has 28 heavy (non-hydrogen) atoms. The van der Waals surface area contributed by atoms with Crippen LogP contribution in [-0.2, 0) is 0 Å². The fourth-order valence-electron chi connectivity index (χ4n) is 4.23. The van der Waals surface area contributed by atoms with Crippen LogP contribution in [0.4, 0.5) is 0 Å². The van der Waals surface area contributed by atoms with Crippen LogP contribution in [0, 0.1) is 11.3 Å². The zero-order valence-electron chi connectivity index (χ0n) is 16.8. The molecule has 2 atom stereocenters. The van der Waals surface area contributed by atoms with Crippen molar-refractivity contribution in [2.45, 2.75) is 39.7 Å². The molecule has 1 heterocycles. The van der Waals surface area contributed by atoms with E-state index in [1.807, 2.05) is 0 Å². The summed E-state index contributed by atoms with van der Waals surface area (Å²) in [6.45, 7) is 7.07. The van der Waals surface area contributed by atoms with Gasteiger partial charge in [-0.05, 0) is 64.7 Å². The molecule has 144 valence electrons. The van der Waals surface area contributed by atoms with Crippen LogP contribution in [0.15, 0.2) is 77.5 Å². The van der Waals surface area contributed by atoms with E-state index in [0.717, 1.165) is 12.8 Å². The number of benzene rings is 2. The van der Waals surface area contributed by atoms with Crippen molar-refractivity contribution in [3.63, 3.8) is 0 Å². The highest BCUT2D eigenvalue weighted by molar-refractivity contribution is 7.80. The number of nitrogens with one attached hydrogen (secondary N) is 2. The van der Waals surface area contributed by atoms with Gasteiger partial charge in [0, 0.05) is 5.70 Å². The molecule has 0 saturated heterocycles. The SMILES string of the molecule is CC(C)(C)[C@H]1CC2=C(NC(=S)N[C@H]2c2ccccc2)/C(=C/c2ccccc2)C1. The third-order valence-electron chi connectivity index (χ3n) is 5.94. The minimum absolute atomic E-state index is 0.134. The molecule has 3 heteroatoms. The summed E-state index contributed by atoms with van der Waals surface area (Å²) < 4.78 is 0. The summed E-state index contributed by atoms with van der Waals surface area (Å²) >= 11 is 5.59. The Bertz CT molecular complexity index is 920. The molecule has 1 aliphatic heterocycles. The van der Waals surface area contributed by atoms with Gasteiger partial charge < -0.3 is 10.6 Å². The predicted octanol–water partition coefficient (Wildman–Crippen LogP) is 6.00. The molecule has 2 aliphatic rings. The average Bonchev–Trinajstić information content (AvgIpc) is 2.68. The lowest BCUT2D eigenvalue weighted by atomic mass is 9.68. The molecule has 0 bridgehead atoms. The van der Waals surface area contributed by atoms with E-state index < -0.39 is 0 Å². The van der Waals surface area contributed by atoms with Crippen LogP contribution in [-0.4, -0.2) is 5.11 Å². The van der Waals surface area contributed by atoms with Crippen molar-refractivity contribution in [3.8, 4) is 0 Å². The maximum Gasteiger partial charge on any atom is 0.171 e. The molecule has 2 aromatic carbocycles. The van der Waals surface area contributed by atoms with Gasteiger partial charge in [-0.25, -0.2) is 0 Å². The summed E-state index contributed by atoms with van der Waals surface area (Å²) in [5.74, 6) is 0.586. The Kier molecular flexibility index (Phi) is 5.11. The lowest BCUT2D eigenvalue weighted by Crippen LogP contribution is -2.46. The summed E-state index contributed by atoms with van der Waals surface area (Å²) in [6.07, 6.45) is 4.47. The largest absolute Gasteiger partial charge is 0.352 e. The predicted molar refractivity (Wildman–Crippen MR) is 122 cm³/mol. The first kappa shape index (κ1) is 18.9. The lowest BCUT2D eigenvalue weighted by molar-refractivity contribution is 0.226. The van der Waals surface area contributed by atoms with Gasteiger partial charge in [0.05, 0.1) is 6.04 Å². The number of hydrogen-bond acceptors (Lipinski definition) is 1. The van der Waals surface area contributed by atoms with Crippen LogP contribution in [0.5, 0.6) is 0 Å². The Morgan fingerprint density at radius 3 is 2.21 bits per heavy atom. The van der Waals surface area contributed by atoms with E-state index in [4.69, 9.17) is 12.2 Å². The highest BCUT2D eigenvalue weighted by Crippen LogP contribution is 2.46. The molecule has 2 nitrogen and oxygen atoms in total. The Morgan fingerprint density at radius 2 is 1.57 bits per heavy atom. The molecule has 0 spiro atoms. The van der Waals surface area contributed by atoms with E-state index in [1.165, 1.54) is 28.0 Å². The fraction of sp³-hybridized carbons (Fsp3) is 0.320. The zero-order chi connectivity index (χ0) is 19.7. The first-order valence-electron chi connectivity index (χ1n) is 10.0. The second-order valence-electron chi connectivity index (χ2n) is 8.89. The van der Waals surface area contributed by atoms with Gasteiger partial charge in [0.1, 0.15) is 0 Å². The van der Waals surface area contributed by atoms with Gasteiger partial charge in [-0.15, -0.1) is 0 Å². The van der Waals surface area contributed by atoms with E-state index in [-0.39, 0.29) is 11.5 Å². The van der Waals surface area contributed by atoms with E-state index in [2.05, 4.69) is 98.1 Å². The van der Waals surface area contributed by atoms with Crippen molar-refractivity contribution in [1.29, 1.82) is 0 Å². The summed E-state index contributed by atoms with van der Waals surface area (Å²) in [7, 11) is 0. The summed E-state index contributed by atoms with van der Waals surface area (Å²) in [6, 6.07) is 21.4. The van der Waals surface area contributed by atoms with Gasteiger partial charge in [-0.3, -0.25) is 0 Å². The third kappa shape index (κ3) is 3.90. The molecule has 0 saturated carbocycles. The molecule has 0 unspecified atom stereocenters. The minimum Gasteiger partial charge on any atom is -0.352 e. The number of thiocarbonyl (C=S) groups is 1. The molecule has 0 radical (unpaired) electrons. The molecule has 4 rings (SSSR count). The Morgan fingerprint density at radius 1 is 0.929 bits per heavy atom. The van der Waals surface area contributed by atoms with Crippen molar-refractivity contribution >= 4 is 23.4 Å². The normalized spacial score (nSPS) is 23.8. The minimum atomic E-state index is 0.134. The second-order valence-corrected chi connectivity index (χ2v) is 9.30. The smallest absolute Gasteiger partial charge is 0.171 e. The standard InChI is InChI=1S/C25H28N2S/c1-25(2,3)20-15-19(14-17-10-6-4-7-11-17)23-21(16-20)22(26-24(28)27-23)18-12-8-5-9-13-18/h4-14,20,22H,15-16H2,1-3H3,(H2,26,27,28)/b19-14+/t20-,22+/m1/s1. The van der Waals surface area contributed by atoms with Gasteiger partial charge in [-0.1, -0.05) is 81.4 Å². The van der Waals surface area contributed by atoms with Crippen molar-refractivity contribution < 1.29 is 0 Å². The van der Waals surface area contributed by atoms with Crippen LogP contribution >= 0.6 is 12.2 Å². The Labute approximate surface area is 173 Å². The molecule has 2 N–H and O–H groups in total. The first-order valence-corrected chi connectivity index (χ1v) is 10.4. The van der Waals surface area contributed by atoms with Crippen LogP contribution in [0.1, 0.15) is 50.8 Å². The number of rotatable bonds is 2. The van der Waals surface area contributed by atoms with Gasteiger partial charge in [-0.2, -0.15) is 0 Å². The highest BCUT2D eigenvalue weighted by atomic mass is 32.1. The third-order valence-corrected chi connectivity index (χ3v) is 6.16. The van der Waals surface area contributed by atoms with Crippen molar-refractivity contribution in [3.05, 3.63) is 88.6 Å². The quantitative estimate of drug-likeness (QED) is 0.617. The van der Waals surface area contributed by atoms with Gasteiger partial charge in [0.25, 0.3) is 0 Å². The maximum atomic E-state index is 5.59. The first-order chi connectivity index (χ1) is 13.4. The lowest BCUT2D eigenvalue weighted by Gasteiger charge is -2.42. The van der Waals surface area contributed by atoms with Crippen LogP contribution in [0.3, 0.4) is 0 Å². The van der Waals surface area contributed by atoms with E-state index in [9.17, 15) is 0 Å². The van der Waals surface area contributed by atoms with E-state index in [1.54, 1.807) is 0 Å². The molecular formula is C25H28N2S. The molecule has 0 fully saturated rings. The van der Waals surface area contributed by atoms with Gasteiger partial charge in [0.15, 0.2) is 5.11 Å². The summed E-state index contributed by atoms with van der Waals surface area (Å²) in [5, 5.41) is 7.72. The zero-order valence-corrected chi connectivity index (χ0v) is 17.6. The average molecular weight is 389 g/mol. The number of allylic oxidation sites excluding steroid dienone is 1. The molecule has 2 aromatic rings. The summed E-state index contributed by atoms with van der Waals surface area (Å²) in [5.41, 5.74) is 6.76. The number of hydrogen-bond donors (Lipinski definition) is 2.